The maximum absolute atomic E-state index is 12.3. The third kappa shape index (κ3) is 4.59. The van der Waals surface area contributed by atoms with Crippen molar-refractivity contribution in [2.75, 3.05) is 13.7 Å². The molecule has 1 amide bonds. The molecule has 0 radical (unpaired) electrons. The Bertz CT molecular complexity index is 538. The first-order chi connectivity index (χ1) is 9.96. The van der Waals surface area contributed by atoms with E-state index in [2.05, 4.69) is 17.2 Å². The number of aliphatic hydroxyl groups is 1. The molecule has 0 heterocycles. The average Bonchev–Trinajstić information content (AvgIpc) is 2.52. The third-order valence-electron chi connectivity index (χ3n) is 3.65. The monoisotopic (exact) mass is 289 g/mol. The zero-order chi connectivity index (χ0) is 15.9. The first-order valence-corrected chi connectivity index (χ1v) is 7.02. The molecule has 0 fully saturated rings. The highest BCUT2D eigenvalue weighted by molar-refractivity contribution is 5.85. The molecule has 4 heteroatoms. The molecule has 21 heavy (non-hydrogen) atoms. The molecule has 1 aromatic carbocycles. The van der Waals surface area contributed by atoms with Gasteiger partial charge in [-0.25, -0.2) is 0 Å². The summed E-state index contributed by atoms with van der Waals surface area (Å²) < 4.78 is 5.30. The van der Waals surface area contributed by atoms with E-state index in [1.54, 1.807) is 14.0 Å². The minimum Gasteiger partial charge on any atom is -0.384 e. The van der Waals surface area contributed by atoms with E-state index in [0.29, 0.717) is 6.42 Å². The molecular formula is C17H23NO3. The number of aliphatic hydroxyl groups excluding tert-OH is 1. The number of hydrogen-bond donors (Lipinski definition) is 2. The highest BCUT2D eigenvalue weighted by atomic mass is 16.5. The van der Waals surface area contributed by atoms with E-state index in [1.807, 2.05) is 38.1 Å². The van der Waals surface area contributed by atoms with Gasteiger partial charge in [-0.05, 0) is 38.0 Å². The van der Waals surface area contributed by atoms with Crippen LogP contribution in [0.5, 0.6) is 0 Å². The third-order valence-corrected chi connectivity index (χ3v) is 3.65. The predicted molar refractivity (Wildman–Crippen MR) is 82.7 cm³/mol. The summed E-state index contributed by atoms with van der Waals surface area (Å²) in [6, 6.07) is 7.45. The summed E-state index contributed by atoms with van der Waals surface area (Å²) in [7, 11) is 1.54. The number of carbonyl (C=O) groups is 1. The topological polar surface area (TPSA) is 58.6 Å². The summed E-state index contributed by atoms with van der Waals surface area (Å²) >= 11 is 0. The Morgan fingerprint density at radius 1 is 1.52 bits per heavy atom. The van der Waals surface area contributed by atoms with Crippen molar-refractivity contribution in [2.45, 2.75) is 38.8 Å². The molecule has 114 valence electrons. The van der Waals surface area contributed by atoms with E-state index in [9.17, 15) is 4.79 Å². The number of rotatable bonds is 5. The Balaban J connectivity index is 2.85. The van der Waals surface area contributed by atoms with E-state index in [4.69, 9.17) is 9.84 Å². The number of ether oxygens (including phenoxy) is 1. The lowest BCUT2D eigenvalue weighted by Gasteiger charge is -2.27. The van der Waals surface area contributed by atoms with Crippen molar-refractivity contribution in [3.05, 3.63) is 35.4 Å². The van der Waals surface area contributed by atoms with Gasteiger partial charge in [0.1, 0.15) is 12.2 Å². The van der Waals surface area contributed by atoms with Gasteiger partial charge in [0.25, 0.3) is 5.91 Å². The van der Waals surface area contributed by atoms with Crippen molar-refractivity contribution < 1.29 is 14.6 Å². The van der Waals surface area contributed by atoms with Crippen molar-refractivity contribution in [3.8, 4) is 11.8 Å². The summed E-state index contributed by atoms with van der Waals surface area (Å²) in [5.41, 5.74) is 0.957. The molecule has 0 aliphatic rings. The molecule has 2 atom stereocenters. The lowest BCUT2D eigenvalue weighted by atomic mass is 10.00. The highest BCUT2D eigenvalue weighted by Crippen LogP contribution is 2.18. The number of methoxy groups -OCH3 is 1. The van der Waals surface area contributed by atoms with Crippen LogP contribution in [-0.4, -0.2) is 30.3 Å². The molecule has 2 unspecified atom stereocenters. The van der Waals surface area contributed by atoms with Crippen LogP contribution in [0.4, 0.5) is 0 Å². The first-order valence-electron chi connectivity index (χ1n) is 7.02. The smallest absolute Gasteiger partial charge is 0.252 e. The second kappa shape index (κ2) is 7.82. The van der Waals surface area contributed by atoms with Gasteiger partial charge in [0.2, 0.25) is 0 Å². The van der Waals surface area contributed by atoms with Crippen molar-refractivity contribution in [2.24, 2.45) is 0 Å². The normalized spacial score (nSPS) is 14.5. The van der Waals surface area contributed by atoms with E-state index < -0.39 is 5.60 Å². The molecule has 0 aliphatic heterocycles. The van der Waals surface area contributed by atoms with Crippen LogP contribution in [0.1, 0.15) is 44.4 Å². The van der Waals surface area contributed by atoms with Crippen LogP contribution in [0, 0.1) is 11.8 Å². The molecule has 4 nitrogen and oxygen atoms in total. The molecule has 1 aromatic rings. The second-order valence-corrected chi connectivity index (χ2v) is 5.07. The molecule has 0 aliphatic carbocycles. The molecule has 2 N–H and O–H groups in total. The Morgan fingerprint density at radius 3 is 2.81 bits per heavy atom. The maximum atomic E-state index is 12.3. The first kappa shape index (κ1) is 17.2. The minimum absolute atomic E-state index is 0.133. The predicted octanol–water partition coefficient (Wildman–Crippen LogP) is 2.02. The van der Waals surface area contributed by atoms with E-state index in [1.165, 1.54) is 0 Å². The Labute approximate surface area is 126 Å². The number of amides is 1. The summed E-state index contributed by atoms with van der Waals surface area (Å²) in [6.07, 6.45) is 0.601. The van der Waals surface area contributed by atoms with Crippen LogP contribution >= 0.6 is 0 Å². The van der Waals surface area contributed by atoms with Gasteiger partial charge in [0.05, 0.1) is 6.04 Å². The fraction of sp³-hybridized carbons (Fsp3) is 0.471. The van der Waals surface area contributed by atoms with Gasteiger partial charge in [0.15, 0.2) is 0 Å². The van der Waals surface area contributed by atoms with Gasteiger partial charge in [-0.15, -0.1) is 0 Å². The van der Waals surface area contributed by atoms with Crippen LogP contribution in [0.2, 0.25) is 0 Å². The molecule has 0 spiro atoms. The van der Waals surface area contributed by atoms with Crippen molar-refractivity contribution in [1.82, 2.24) is 5.32 Å². The van der Waals surface area contributed by atoms with Crippen LogP contribution < -0.4 is 5.32 Å². The van der Waals surface area contributed by atoms with Crippen LogP contribution in [0.3, 0.4) is 0 Å². The molecule has 0 bridgehead atoms. The van der Waals surface area contributed by atoms with Crippen molar-refractivity contribution in [1.29, 1.82) is 0 Å². The standard InChI is InChI=1S/C17H23NO3/c1-5-17(3,21-4)16(20)18-13(2)15-10-6-8-14(12-15)9-7-11-19/h6,8,10,12-13,19H,5,11H2,1-4H3,(H,18,20). The van der Waals surface area contributed by atoms with Crippen LogP contribution in [-0.2, 0) is 9.53 Å². The average molecular weight is 289 g/mol. The maximum Gasteiger partial charge on any atom is 0.252 e. The Morgan fingerprint density at radius 2 is 2.24 bits per heavy atom. The van der Waals surface area contributed by atoms with E-state index in [-0.39, 0.29) is 18.6 Å². The van der Waals surface area contributed by atoms with Crippen LogP contribution in [0.25, 0.3) is 0 Å². The number of nitrogens with one attached hydrogen (secondary N) is 1. The molecule has 0 saturated carbocycles. The lowest BCUT2D eigenvalue weighted by molar-refractivity contribution is -0.142. The largest absolute Gasteiger partial charge is 0.384 e. The van der Waals surface area contributed by atoms with Gasteiger partial charge >= 0.3 is 0 Å². The summed E-state index contributed by atoms with van der Waals surface area (Å²) in [6.45, 7) is 5.44. The van der Waals surface area contributed by atoms with Crippen LogP contribution in [0.15, 0.2) is 24.3 Å². The van der Waals surface area contributed by atoms with Crippen molar-refractivity contribution in [3.63, 3.8) is 0 Å². The summed E-state index contributed by atoms with van der Waals surface area (Å²) in [4.78, 5) is 12.3. The highest BCUT2D eigenvalue weighted by Gasteiger charge is 2.31. The quantitative estimate of drug-likeness (QED) is 0.815. The SMILES string of the molecule is CCC(C)(OC)C(=O)NC(C)c1cccc(C#CCO)c1. The summed E-state index contributed by atoms with van der Waals surface area (Å²) in [5, 5.41) is 11.7. The van der Waals surface area contributed by atoms with Gasteiger partial charge in [-0.1, -0.05) is 30.9 Å². The minimum atomic E-state index is -0.817. The lowest BCUT2D eigenvalue weighted by Crippen LogP contribution is -2.46. The van der Waals surface area contributed by atoms with Crippen molar-refractivity contribution >= 4 is 5.91 Å². The van der Waals surface area contributed by atoms with Gasteiger partial charge < -0.3 is 15.2 Å². The van der Waals surface area contributed by atoms with Gasteiger partial charge in [0, 0.05) is 12.7 Å². The second-order valence-electron chi connectivity index (χ2n) is 5.07. The molecule has 0 saturated heterocycles. The Kier molecular flexibility index (Phi) is 6.41. The zero-order valence-electron chi connectivity index (χ0n) is 13.1. The van der Waals surface area contributed by atoms with E-state index >= 15 is 0 Å². The number of benzene rings is 1. The molecular weight excluding hydrogens is 266 g/mol. The number of carbonyl (C=O) groups excluding carboxylic acids is 1. The van der Waals surface area contributed by atoms with E-state index in [0.717, 1.165) is 11.1 Å². The molecule has 0 aromatic heterocycles. The number of hydrogen-bond acceptors (Lipinski definition) is 3. The Hall–Kier alpha value is -1.83. The van der Waals surface area contributed by atoms with Gasteiger partial charge in [-0.2, -0.15) is 0 Å². The fourth-order valence-electron chi connectivity index (χ4n) is 1.86. The zero-order valence-corrected chi connectivity index (χ0v) is 13.1. The fourth-order valence-corrected chi connectivity index (χ4v) is 1.86. The molecule has 1 rings (SSSR count). The van der Waals surface area contributed by atoms with Gasteiger partial charge in [-0.3, -0.25) is 4.79 Å². The summed E-state index contributed by atoms with van der Waals surface area (Å²) in [5.74, 6) is 5.34.